The van der Waals surface area contributed by atoms with E-state index < -0.39 is 11.4 Å². The number of hydrogen-bond donors (Lipinski definition) is 0. The maximum atomic E-state index is 12.6. The molecule has 0 aliphatic heterocycles. The largest absolute Gasteiger partial charge is 0.431 e. The van der Waals surface area contributed by atoms with Crippen LogP contribution in [0.15, 0.2) is 33.8 Å². The molecule has 2 heterocycles. The Balaban J connectivity index is 2.98. The van der Waals surface area contributed by atoms with Gasteiger partial charge in [-0.05, 0) is 12.1 Å². The Labute approximate surface area is 66.5 Å². The van der Waals surface area contributed by atoms with E-state index in [1.165, 1.54) is 12.3 Å². The van der Waals surface area contributed by atoms with Crippen molar-refractivity contribution in [2.75, 3.05) is 0 Å². The lowest BCUT2D eigenvalue weighted by Gasteiger charge is -1.92. The Kier molecular flexibility index (Phi) is 1.40. The first kappa shape index (κ1) is 6.97. The second-order valence-electron chi connectivity index (χ2n) is 2.29. The first-order chi connectivity index (χ1) is 5.77. The van der Waals surface area contributed by atoms with Crippen molar-refractivity contribution in [3.8, 4) is 0 Å². The molecular weight excluding hydrogens is 161 g/mol. The van der Waals surface area contributed by atoms with Gasteiger partial charge in [-0.15, -0.1) is 0 Å². The summed E-state index contributed by atoms with van der Waals surface area (Å²) in [5.41, 5.74) is -0.132. The zero-order valence-electron chi connectivity index (χ0n) is 5.95. The minimum Gasteiger partial charge on any atom is -0.431 e. The second-order valence-corrected chi connectivity index (χ2v) is 2.29. The summed E-state index contributed by atoms with van der Waals surface area (Å²) in [6.07, 6.45) is 2.29. The first-order valence-corrected chi connectivity index (χ1v) is 3.30. The van der Waals surface area contributed by atoms with Crippen LogP contribution in [0.2, 0.25) is 0 Å². The van der Waals surface area contributed by atoms with Crippen LogP contribution in [0.3, 0.4) is 0 Å². The summed E-state index contributed by atoms with van der Waals surface area (Å²) in [7, 11) is 0. The Morgan fingerprint density at radius 3 is 3.17 bits per heavy atom. The summed E-state index contributed by atoms with van der Waals surface area (Å²) >= 11 is 0. The first-order valence-electron chi connectivity index (χ1n) is 3.30. The number of pyridine rings is 1. The quantitative estimate of drug-likeness (QED) is 0.591. The zero-order chi connectivity index (χ0) is 8.55. The van der Waals surface area contributed by atoms with Crippen molar-refractivity contribution in [3.05, 3.63) is 40.8 Å². The van der Waals surface area contributed by atoms with Crippen LogP contribution in [0, 0.1) is 5.82 Å². The van der Waals surface area contributed by atoms with Crippen LogP contribution in [0.4, 0.5) is 4.39 Å². The molecule has 0 unspecified atom stereocenters. The minimum atomic E-state index is -0.570. The van der Waals surface area contributed by atoms with Gasteiger partial charge in [-0.2, -0.15) is 0 Å². The Morgan fingerprint density at radius 2 is 2.33 bits per heavy atom. The topological polar surface area (TPSA) is 43.1 Å². The highest BCUT2D eigenvalue weighted by atomic mass is 19.1. The number of halogens is 1. The van der Waals surface area contributed by atoms with E-state index in [9.17, 15) is 9.18 Å². The molecule has 2 aromatic rings. The minimum absolute atomic E-state index is 0.164. The van der Waals surface area contributed by atoms with Crippen molar-refractivity contribution in [1.82, 2.24) is 4.98 Å². The fourth-order valence-electron chi connectivity index (χ4n) is 0.970. The molecule has 12 heavy (non-hydrogen) atoms. The maximum absolute atomic E-state index is 12.6. The summed E-state index contributed by atoms with van der Waals surface area (Å²) in [5, 5.41) is 0.164. The second kappa shape index (κ2) is 2.41. The Morgan fingerprint density at radius 1 is 1.50 bits per heavy atom. The number of rotatable bonds is 0. The molecule has 0 bridgehead atoms. The Bertz CT molecular complexity index is 478. The van der Waals surface area contributed by atoms with E-state index in [0.717, 1.165) is 12.3 Å². The van der Waals surface area contributed by atoms with Gasteiger partial charge in [-0.1, -0.05) is 0 Å². The lowest BCUT2D eigenvalue weighted by atomic mass is 10.3. The molecule has 4 heteroatoms. The van der Waals surface area contributed by atoms with Crippen LogP contribution in [-0.4, -0.2) is 4.98 Å². The lowest BCUT2D eigenvalue weighted by molar-refractivity contribution is 0.518. The van der Waals surface area contributed by atoms with Crippen molar-refractivity contribution in [1.29, 1.82) is 0 Å². The van der Waals surface area contributed by atoms with E-state index in [2.05, 4.69) is 9.40 Å². The van der Waals surface area contributed by atoms with E-state index in [4.69, 9.17) is 0 Å². The fourth-order valence-corrected chi connectivity index (χ4v) is 0.970. The highest BCUT2D eigenvalue weighted by molar-refractivity contribution is 5.76. The van der Waals surface area contributed by atoms with Crippen LogP contribution in [0.25, 0.3) is 10.9 Å². The molecular formula is C8H4FNO2. The van der Waals surface area contributed by atoms with E-state index >= 15 is 0 Å². The molecule has 0 aliphatic rings. The summed E-state index contributed by atoms with van der Waals surface area (Å²) < 4.78 is 17.1. The van der Waals surface area contributed by atoms with Gasteiger partial charge in [0, 0.05) is 0 Å². The molecule has 0 aromatic carbocycles. The monoisotopic (exact) mass is 165 g/mol. The summed E-state index contributed by atoms with van der Waals surface area (Å²) in [6, 6.07) is 2.62. The van der Waals surface area contributed by atoms with Crippen LogP contribution >= 0.6 is 0 Å². The molecule has 0 fully saturated rings. The van der Waals surface area contributed by atoms with Gasteiger partial charge in [0.05, 0.1) is 23.4 Å². The van der Waals surface area contributed by atoms with Crippen molar-refractivity contribution in [3.63, 3.8) is 0 Å². The van der Waals surface area contributed by atoms with Crippen LogP contribution in [-0.2, 0) is 0 Å². The zero-order valence-corrected chi connectivity index (χ0v) is 5.95. The van der Waals surface area contributed by atoms with E-state index in [-0.39, 0.29) is 5.39 Å². The highest BCUT2D eigenvalue weighted by Crippen LogP contribution is 2.06. The molecule has 60 valence electrons. The molecule has 3 nitrogen and oxygen atoms in total. The van der Waals surface area contributed by atoms with Crippen molar-refractivity contribution >= 4 is 10.9 Å². The van der Waals surface area contributed by atoms with E-state index in [1.807, 2.05) is 0 Å². The SMILES string of the molecule is O=c1occc2ncc(F)cc12. The average molecular weight is 165 g/mol. The third kappa shape index (κ3) is 0.972. The van der Waals surface area contributed by atoms with Gasteiger partial charge in [0.25, 0.3) is 0 Å². The van der Waals surface area contributed by atoms with Gasteiger partial charge in [-0.25, -0.2) is 9.18 Å². The molecule has 2 rings (SSSR count). The van der Waals surface area contributed by atoms with E-state index in [0.29, 0.717) is 5.52 Å². The summed E-state index contributed by atoms with van der Waals surface area (Å²) in [6.45, 7) is 0. The van der Waals surface area contributed by atoms with Crippen molar-refractivity contribution in [2.24, 2.45) is 0 Å². The lowest BCUT2D eigenvalue weighted by Crippen LogP contribution is -1.99. The van der Waals surface area contributed by atoms with Gasteiger partial charge in [0.2, 0.25) is 0 Å². The molecule has 0 aliphatic carbocycles. The third-order valence-corrected chi connectivity index (χ3v) is 1.51. The summed E-state index contributed by atoms with van der Waals surface area (Å²) in [5.74, 6) is -0.541. The molecule has 0 saturated heterocycles. The van der Waals surface area contributed by atoms with Gasteiger partial charge in [-0.3, -0.25) is 4.98 Å². The fraction of sp³-hybridized carbons (Fsp3) is 0. The maximum Gasteiger partial charge on any atom is 0.345 e. The van der Waals surface area contributed by atoms with Crippen LogP contribution < -0.4 is 5.63 Å². The van der Waals surface area contributed by atoms with Gasteiger partial charge < -0.3 is 4.42 Å². The van der Waals surface area contributed by atoms with Gasteiger partial charge >= 0.3 is 5.63 Å². The highest BCUT2D eigenvalue weighted by Gasteiger charge is 2.00. The van der Waals surface area contributed by atoms with Gasteiger partial charge in [0.1, 0.15) is 5.82 Å². The number of aromatic nitrogens is 1. The van der Waals surface area contributed by atoms with Crippen LogP contribution in [0.1, 0.15) is 0 Å². The third-order valence-electron chi connectivity index (χ3n) is 1.51. The summed E-state index contributed by atoms with van der Waals surface area (Å²) in [4.78, 5) is 14.7. The smallest absolute Gasteiger partial charge is 0.345 e. The van der Waals surface area contributed by atoms with E-state index in [1.54, 1.807) is 0 Å². The Hall–Kier alpha value is -1.71. The number of nitrogens with zero attached hydrogens (tertiary/aromatic N) is 1. The molecule has 0 saturated carbocycles. The normalized spacial score (nSPS) is 10.4. The number of hydrogen-bond acceptors (Lipinski definition) is 3. The predicted octanol–water partition coefficient (Wildman–Crippen LogP) is 1.33. The molecule has 2 aromatic heterocycles. The standard InChI is InChI=1S/C8H4FNO2/c9-5-3-6-7(10-4-5)1-2-12-8(6)11/h1-4H. The number of fused-ring (bicyclic) bond motifs is 1. The van der Waals surface area contributed by atoms with Gasteiger partial charge in [0.15, 0.2) is 0 Å². The van der Waals surface area contributed by atoms with Crippen molar-refractivity contribution < 1.29 is 8.81 Å². The van der Waals surface area contributed by atoms with Crippen molar-refractivity contribution in [2.45, 2.75) is 0 Å². The predicted molar refractivity (Wildman–Crippen MR) is 40.2 cm³/mol. The molecule has 0 N–H and O–H groups in total. The molecule has 0 spiro atoms. The average Bonchev–Trinajstić information content (AvgIpc) is 2.07. The van der Waals surface area contributed by atoms with Crippen LogP contribution in [0.5, 0.6) is 0 Å². The molecule has 0 atom stereocenters. The molecule has 0 radical (unpaired) electrons. The molecule has 0 amide bonds.